The van der Waals surface area contributed by atoms with E-state index in [1.165, 1.54) is 64.2 Å². The van der Waals surface area contributed by atoms with Crippen molar-refractivity contribution in [2.45, 2.75) is 136 Å². The number of hydrogen-bond donors (Lipinski definition) is 1. The molecule has 2 unspecified atom stereocenters. The third-order valence-electron chi connectivity index (χ3n) is 7.58. The Bertz CT molecular complexity index is 968. The molecule has 0 aromatic carbocycles. The number of esters is 1. The quantitative estimate of drug-likeness (QED) is 0.0234. The molecule has 0 aromatic rings. The van der Waals surface area contributed by atoms with Crippen molar-refractivity contribution in [3.05, 3.63) is 60.8 Å². The topological polar surface area (TPSA) is 91.3 Å². The van der Waals surface area contributed by atoms with Crippen molar-refractivity contribution < 1.29 is 37.3 Å². The zero-order chi connectivity index (χ0) is 36.3. The molecule has 0 saturated carbocycles. The van der Waals surface area contributed by atoms with Crippen LogP contribution in [0, 0.1) is 0 Å². The van der Waals surface area contributed by atoms with Crippen molar-refractivity contribution in [1.82, 2.24) is 0 Å². The number of carbonyl (C=O) groups excluding carboxylic acids is 1. The van der Waals surface area contributed by atoms with Crippen LogP contribution in [0.2, 0.25) is 0 Å². The zero-order valence-electron chi connectivity index (χ0n) is 31.9. The summed E-state index contributed by atoms with van der Waals surface area (Å²) in [4.78, 5) is 22.7. The molecular formula is C40H73NO7P+. The minimum absolute atomic E-state index is 0.0723. The van der Waals surface area contributed by atoms with Gasteiger partial charge in [0.2, 0.25) is 0 Å². The lowest BCUT2D eigenvalue weighted by atomic mass is 10.1. The molecule has 0 aliphatic carbocycles. The third kappa shape index (κ3) is 37.3. The molecule has 2 atom stereocenters. The summed E-state index contributed by atoms with van der Waals surface area (Å²) in [6.45, 7) is 5.35. The van der Waals surface area contributed by atoms with E-state index in [2.05, 4.69) is 62.5 Å². The van der Waals surface area contributed by atoms with Gasteiger partial charge < -0.3 is 18.9 Å². The first-order valence-corrected chi connectivity index (χ1v) is 20.5. The number of carbonyl (C=O) groups is 1. The van der Waals surface area contributed by atoms with Crippen molar-refractivity contribution >= 4 is 13.8 Å². The molecule has 0 bridgehead atoms. The van der Waals surface area contributed by atoms with Gasteiger partial charge >= 0.3 is 13.8 Å². The second-order valence-corrected chi connectivity index (χ2v) is 15.0. The summed E-state index contributed by atoms with van der Waals surface area (Å²) in [5.74, 6) is -0.398. The molecule has 0 radical (unpaired) electrons. The SMILES string of the molecule is CC/C=C\C/C=C\C/C=C\C/C=C\CCC(=O)OC(COCCCCCCCC/C=C\CCCCCC)COP(=O)(O)OCC[N+](C)(C)C. The van der Waals surface area contributed by atoms with Crippen molar-refractivity contribution in [2.24, 2.45) is 0 Å². The third-order valence-corrected chi connectivity index (χ3v) is 8.56. The molecule has 0 aliphatic rings. The maximum Gasteiger partial charge on any atom is 0.472 e. The predicted molar refractivity (Wildman–Crippen MR) is 205 cm³/mol. The number of hydrogen-bond acceptors (Lipinski definition) is 6. The molecule has 0 aromatic heterocycles. The number of phosphoric acid groups is 1. The van der Waals surface area contributed by atoms with Crippen LogP contribution in [0.5, 0.6) is 0 Å². The Morgan fingerprint density at radius 3 is 1.78 bits per heavy atom. The molecule has 0 amide bonds. The molecule has 1 N–H and O–H groups in total. The first kappa shape index (κ1) is 47.2. The van der Waals surface area contributed by atoms with E-state index in [1.54, 1.807) is 0 Å². The number of rotatable bonds is 34. The van der Waals surface area contributed by atoms with E-state index in [1.807, 2.05) is 33.3 Å². The second kappa shape index (κ2) is 33.3. The van der Waals surface area contributed by atoms with Crippen molar-refractivity contribution in [2.75, 3.05) is 54.1 Å². The van der Waals surface area contributed by atoms with Crippen LogP contribution < -0.4 is 0 Å². The van der Waals surface area contributed by atoms with Gasteiger partial charge in [-0.1, -0.05) is 120 Å². The van der Waals surface area contributed by atoms with E-state index in [0.29, 0.717) is 24.1 Å². The van der Waals surface area contributed by atoms with E-state index in [-0.39, 0.29) is 26.2 Å². The van der Waals surface area contributed by atoms with Crippen LogP contribution in [0.15, 0.2) is 60.8 Å². The Balaban J connectivity index is 4.44. The molecule has 0 fully saturated rings. The summed E-state index contributed by atoms with van der Waals surface area (Å²) >= 11 is 0. The highest BCUT2D eigenvalue weighted by molar-refractivity contribution is 7.47. The molecule has 0 heterocycles. The molecule has 0 rings (SSSR count). The van der Waals surface area contributed by atoms with Gasteiger partial charge in [0.15, 0.2) is 0 Å². The highest BCUT2D eigenvalue weighted by Gasteiger charge is 2.26. The summed E-state index contributed by atoms with van der Waals surface area (Å²) in [5.41, 5.74) is 0. The largest absolute Gasteiger partial charge is 0.472 e. The van der Waals surface area contributed by atoms with Crippen molar-refractivity contribution in [3.63, 3.8) is 0 Å². The number of phosphoric ester groups is 1. The second-order valence-electron chi connectivity index (χ2n) is 13.6. The van der Waals surface area contributed by atoms with Crippen LogP contribution in [0.3, 0.4) is 0 Å². The van der Waals surface area contributed by atoms with Gasteiger partial charge in [-0.15, -0.1) is 0 Å². The van der Waals surface area contributed by atoms with E-state index >= 15 is 0 Å². The number of ether oxygens (including phenoxy) is 2. The minimum atomic E-state index is -4.29. The Kier molecular flexibility index (Phi) is 32.1. The molecular weight excluding hydrogens is 637 g/mol. The molecule has 284 valence electrons. The molecule has 9 heteroatoms. The van der Waals surface area contributed by atoms with Crippen molar-refractivity contribution in [1.29, 1.82) is 0 Å². The van der Waals surface area contributed by atoms with E-state index in [9.17, 15) is 14.3 Å². The number of likely N-dealkylation sites (N-methyl/N-ethyl adjacent to an activating group) is 1. The average molecular weight is 711 g/mol. The first-order valence-electron chi connectivity index (χ1n) is 19.0. The molecule has 8 nitrogen and oxygen atoms in total. The number of unbranched alkanes of at least 4 members (excludes halogenated alkanes) is 10. The Labute approximate surface area is 300 Å². The van der Waals surface area contributed by atoms with Gasteiger partial charge in [-0.25, -0.2) is 4.57 Å². The van der Waals surface area contributed by atoms with E-state index in [0.717, 1.165) is 38.5 Å². The van der Waals surface area contributed by atoms with Crippen LogP contribution >= 0.6 is 7.82 Å². The van der Waals surface area contributed by atoms with Gasteiger partial charge in [0.25, 0.3) is 0 Å². The van der Waals surface area contributed by atoms with Gasteiger partial charge in [-0.3, -0.25) is 13.8 Å². The summed E-state index contributed by atoms with van der Waals surface area (Å²) < 4.78 is 34.7. The Hall–Kier alpha value is -1.80. The van der Waals surface area contributed by atoms with Gasteiger partial charge in [0.05, 0.1) is 34.4 Å². The fourth-order valence-electron chi connectivity index (χ4n) is 4.62. The molecule has 0 saturated heterocycles. The molecule has 0 aliphatic heterocycles. The number of allylic oxidation sites excluding steroid dienone is 10. The average Bonchev–Trinajstić information content (AvgIpc) is 3.04. The summed E-state index contributed by atoms with van der Waals surface area (Å²) in [7, 11) is 1.61. The zero-order valence-corrected chi connectivity index (χ0v) is 32.8. The molecule has 49 heavy (non-hydrogen) atoms. The standard InChI is InChI=1S/C40H72NO7P/c1-6-8-10-12-14-16-18-20-22-24-26-28-30-32-35-45-37-39(38-47-49(43,44)46-36-34-41(3,4)5)48-40(42)33-31-29-27-25-23-21-19-17-15-13-11-9-7-2/h9,11,15-18,21,23,27,29,39H,6-8,10,12-14,19-20,22,24-26,28,30-38H2,1-5H3/p+1/b11-9-,17-15-,18-16-,23-21-,29-27-. The monoisotopic (exact) mass is 711 g/mol. The summed E-state index contributed by atoms with van der Waals surface area (Å²) in [5, 5.41) is 0. The van der Waals surface area contributed by atoms with Crippen molar-refractivity contribution in [3.8, 4) is 0 Å². The number of nitrogens with zero attached hydrogens (tertiary/aromatic N) is 1. The Morgan fingerprint density at radius 2 is 1.18 bits per heavy atom. The smallest absolute Gasteiger partial charge is 0.457 e. The van der Waals surface area contributed by atoms with Crippen LogP contribution in [0.1, 0.15) is 129 Å². The first-order chi connectivity index (χ1) is 23.6. The fourth-order valence-corrected chi connectivity index (χ4v) is 5.36. The van der Waals surface area contributed by atoms with Crippen LogP contribution in [0.25, 0.3) is 0 Å². The Morgan fingerprint density at radius 1 is 0.653 bits per heavy atom. The van der Waals surface area contributed by atoms with Gasteiger partial charge in [0, 0.05) is 13.0 Å². The summed E-state index contributed by atoms with van der Waals surface area (Å²) in [6.07, 6.45) is 39.8. The van der Waals surface area contributed by atoms with E-state index in [4.69, 9.17) is 18.5 Å². The van der Waals surface area contributed by atoms with E-state index < -0.39 is 19.9 Å². The van der Waals surface area contributed by atoms with Crippen LogP contribution in [-0.2, 0) is 27.9 Å². The lowest BCUT2D eigenvalue weighted by molar-refractivity contribution is -0.870. The number of quaternary nitrogens is 1. The lowest BCUT2D eigenvalue weighted by Gasteiger charge is -2.24. The van der Waals surface area contributed by atoms with Gasteiger partial charge in [-0.2, -0.15) is 0 Å². The summed E-state index contributed by atoms with van der Waals surface area (Å²) in [6, 6.07) is 0. The predicted octanol–water partition coefficient (Wildman–Crippen LogP) is 10.6. The highest BCUT2D eigenvalue weighted by atomic mass is 31.2. The lowest BCUT2D eigenvalue weighted by Crippen LogP contribution is -2.37. The van der Waals surface area contributed by atoms with Gasteiger partial charge in [-0.05, 0) is 64.2 Å². The van der Waals surface area contributed by atoms with Crippen LogP contribution in [0.4, 0.5) is 0 Å². The highest BCUT2D eigenvalue weighted by Crippen LogP contribution is 2.43. The molecule has 0 spiro atoms. The maximum atomic E-state index is 12.6. The van der Waals surface area contributed by atoms with Crippen LogP contribution in [-0.4, -0.2) is 75.6 Å². The normalized spacial score (nSPS) is 14.7. The minimum Gasteiger partial charge on any atom is -0.457 e. The van der Waals surface area contributed by atoms with Gasteiger partial charge in [0.1, 0.15) is 19.3 Å². The fraction of sp³-hybridized carbons (Fsp3) is 0.725. The maximum absolute atomic E-state index is 12.6.